The number of anilines is 1. The number of aryl methyl sites for hydroxylation is 1. The maximum Gasteiger partial charge on any atom is 0.322 e. The number of halogens is 3. The van der Waals surface area contributed by atoms with Gasteiger partial charge in [0, 0.05) is 41.4 Å². The van der Waals surface area contributed by atoms with E-state index in [1.807, 2.05) is 13.0 Å². The third kappa shape index (κ3) is 2.59. The van der Waals surface area contributed by atoms with Gasteiger partial charge < -0.3 is 10.2 Å². The van der Waals surface area contributed by atoms with Crippen LogP contribution in [0, 0.1) is 18.2 Å². The number of aromatic nitrogens is 1. The van der Waals surface area contributed by atoms with Crippen LogP contribution in [0.25, 0.3) is 11.1 Å². The zero-order valence-electron chi connectivity index (χ0n) is 15.4. The van der Waals surface area contributed by atoms with Crippen molar-refractivity contribution in [1.82, 2.24) is 9.88 Å². The van der Waals surface area contributed by atoms with Gasteiger partial charge in [-0.3, -0.25) is 4.98 Å². The summed E-state index contributed by atoms with van der Waals surface area (Å²) < 4.78 is 40.8. The molecule has 4 aliphatic rings. The molecule has 3 heterocycles. The van der Waals surface area contributed by atoms with Crippen LogP contribution in [0.1, 0.15) is 31.2 Å². The number of hydrogen-bond acceptors (Lipinski definition) is 2. The minimum Gasteiger partial charge on any atom is -0.318 e. The van der Waals surface area contributed by atoms with Gasteiger partial charge >= 0.3 is 6.03 Å². The molecule has 28 heavy (non-hydrogen) atoms. The van der Waals surface area contributed by atoms with Gasteiger partial charge in [-0.1, -0.05) is 6.07 Å². The van der Waals surface area contributed by atoms with Crippen LogP contribution >= 0.6 is 0 Å². The first-order valence-electron chi connectivity index (χ1n) is 9.47. The number of carbonyl (C=O) groups is 1. The predicted molar refractivity (Wildman–Crippen MR) is 98.6 cm³/mol. The van der Waals surface area contributed by atoms with Crippen molar-refractivity contribution in [3.63, 3.8) is 0 Å². The third-order valence-corrected chi connectivity index (χ3v) is 6.53. The molecule has 1 N–H and O–H groups in total. The van der Waals surface area contributed by atoms with E-state index in [9.17, 15) is 18.0 Å². The first-order valence-corrected chi connectivity index (χ1v) is 9.47. The van der Waals surface area contributed by atoms with Crippen molar-refractivity contribution in [2.45, 2.75) is 50.6 Å². The Bertz CT molecular complexity index is 965. The summed E-state index contributed by atoms with van der Waals surface area (Å²) in [6.07, 6.45) is 4.26. The maximum absolute atomic E-state index is 13.7. The average molecular weight is 387 g/mol. The van der Waals surface area contributed by atoms with Gasteiger partial charge in [-0.2, -0.15) is 0 Å². The topological polar surface area (TPSA) is 45.2 Å². The van der Waals surface area contributed by atoms with Gasteiger partial charge in [0.2, 0.25) is 0 Å². The second kappa shape index (κ2) is 5.72. The number of hydrogen-bond donors (Lipinski definition) is 1. The van der Waals surface area contributed by atoms with Crippen LogP contribution in [0.2, 0.25) is 0 Å². The van der Waals surface area contributed by atoms with E-state index < -0.39 is 17.2 Å². The molecule has 6 rings (SSSR count). The number of carbonyl (C=O) groups excluding carboxylic acids is 1. The van der Waals surface area contributed by atoms with Gasteiger partial charge in [0.05, 0.1) is 6.20 Å². The minimum atomic E-state index is -2.56. The van der Waals surface area contributed by atoms with E-state index in [1.54, 1.807) is 23.2 Å². The number of alkyl halides is 2. The fourth-order valence-electron chi connectivity index (χ4n) is 4.96. The standard InChI is InChI=1S/C21H20F3N3O/c1-12-2-3-15(5-18(12)13-4-14(22)10-25-9-13)26-19(28)27-16-6-17(27)8-20(7-16)11-21(20,23)24/h2-5,9-10,16-17H,6-8,11H2,1H3,(H,26,28)/t16-,17-/m0/s1. The van der Waals surface area contributed by atoms with Crippen molar-refractivity contribution in [1.29, 1.82) is 0 Å². The molecule has 2 aliphatic carbocycles. The first kappa shape index (κ1) is 17.5. The predicted octanol–water partition coefficient (Wildman–Crippen LogP) is 4.99. The Labute approximate surface area is 160 Å². The summed E-state index contributed by atoms with van der Waals surface area (Å²) in [5.41, 5.74) is 2.08. The molecule has 2 amide bonds. The van der Waals surface area contributed by atoms with E-state index in [2.05, 4.69) is 10.3 Å². The summed E-state index contributed by atoms with van der Waals surface area (Å²) in [7, 11) is 0. The Balaban J connectivity index is 1.32. The zero-order valence-corrected chi connectivity index (χ0v) is 15.4. The summed E-state index contributed by atoms with van der Waals surface area (Å²) in [6, 6.07) is 6.36. The molecule has 2 aliphatic heterocycles. The summed E-state index contributed by atoms with van der Waals surface area (Å²) in [5, 5.41) is 2.88. The summed E-state index contributed by atoms with van der Waals surface area (Å²) in [5.74, 6) is -2.98. The number of amides is 2. The van der Waals surface area contributed by atoms with Gasteiger partial charge in [-0.05, 0) is 55.5 Å². The van der Waals surface area contributed by atoms with Gasteiger partial charge in [0.1, 0.15) is 5.82 Å². The van der Waals surface area contributed by atoms with Crippen molar-refractivity contribution in [3.05, 3.63) is 48.0 Å². The smallest absolute Gasteiger partial charge is 0.318 e. The number of piperidine rings is 1. The molecule has 2 bridgehead atoms. The molecule has 0 unspecified atom stereocenters. The molecule has 1 aromatic heterocycles. The molecule has 2 saturated heterocycles. The van der Waals surface area contributed by atoms with Crippen molar-refractivity contribution in [2.24, 2.45) is 5.41 Å². The van der Waals surface area contributed by atoms with Crippen molar-refractivity contribution < 1.29 is 18.0 Å². The fourth-order valence-corrected chi connectivity index (χ4v) is 4.96. The van der Waals surface area contributed by atoms with Crippen LogP contribution in [0.5, 0.6) is 0 Å². The Kier molecular flexibility index (Phi) is 3.58. The highest BCUT2D eigenvalue weighted by Crippen LogP contribution is 2.70. The van der Waals surface area contributed by atoms with E-state index in [4.69, 9.17) is 0 Å². The molecule has 4 nitrogen and oxygen atoms in total. The molecule has 2 aromatic rings. The number of nitrogens with zero attached hydrogens (tertiary/aromatic N) is 2. The third-order valence-electron chi connectivity index (χ3n) is 6.53. The molecule has 7 heteroatoms. The quantitative estimate of drug-likeness (QED) is 0.789. The zero-order chi connectivity index (χ0) is 19.7. The number of urea groups is 1. The molecule has 2 saturated carbocycles. The molecule has 1 aromatic carbocycles. The van der Waals surface area contributed by atoms with Crippen molar-refractivity contribution in [2.75, 3.05) is 5.32 Å². The van der Waals surface area contributed by atoms with Crippen LogP contribution in [0.4, 0.5) is 23.7 Å². The summed E-state index contributed by atoms with van der Waals surface area (Å²) in [4.78, 5) is 18.3. The molecule has 1 spiro atoms. The molecule has 146 valence electrons. The Morgan fingerprint density at radius 1 is 1.21 bits per heavy atom. The average Bonchev–Trinajstić information content (AvgIpc) is 3.13. The van der Waals surface area contributed by atoms with Crippen molar-refractivity contribution >= 4 is 11.7 Å². The number of benzene rings is 1. The Morgan fingerprint density at radius 2 is 1.93 bits per heavy atom. The lowest BCUT2D eigenvalue weighted by molar-refractivity contribution is -0.0593. The first-order chi connectivity index (χ1) is 13.3. The number of rotatable bonds is 2. The monoisotopic (exact) mass is 387 g/mol. The van der Waals surface area contributed by atoms with E-state index in [0.717, 1.165) is 23.7 Å². The lowest BCUT2D eigenvalue weighted by atomic mass is 9.71. The van der Waals surface area contributed by atoms with E-state index >= 15 is 0 Å². The van der Waals surface area contributed by atoms with Crippen LogP contribution < -0.4 is 5.32 Å². The Morgan fingerprint density at radius 3 is 2.57 bits per heavy atom. The van der Waals surface area contributed by atoms with Gasteiger partial charge in [0.25, 0.3) is 5.92 Å². The Hall–Kier alpha value is -2.57. The van der Waals surface area contributed by atoms with E-state index in [-0.39, 0.29) is 24.5 Å². The van der Waals surface area contributed by atoms with Gasteiger partial charge in [-0.15, -0.1) is 0 Å². The molecule has 4 fully saturated rings. The van der Waals surface area contributed by atoms with Gasteiger partial charge in [0.15, 0.2) is 0 Å². The van der Waals surface area contributed by atoms with Crippen LogP contribution in [0.3, 0.4) is 0 Å². The normalized spacial score (nSPS) is 29.4. The highest BCUT2D eigenvalue weighted by Gasteiger charge is 2.75. The number of nitrogens with one attached hydrogen (secondary N) is 1. The lowest BCUT2D eigenvalue weighted by Crippen LogP contribution is -2.64. The minimum absolute atomic E-state index is 0.0363. The fraction of sp³-hybridized carbons (Fsp3) is 0.429. The SMILES string of the molecule is Cc1ccc(NC(=O)N2[C@H]3C[C@H]2CC2(C3)CC2(F)F)cc1-c1cncc(F)c1. The van der Waals surface area contributed by atoms with Gasteiger partial charge in [-0.25, -0.2) is 18.0 Å². The number of pyridine rings is 1. The molecular weight excluding hydrogens is 367 g/mol. The highest BCUT2D eigenvalue weighted by atomic mass is 19.3. The molecular formula is C21H20F3N3O. The second-order valence-corrected chi connectivity index (χ2v) is 8.37. The lowest BCUT2D eigenvalue weighted by Gasteiger charge is -2.55. The highest BCUT2D eigenvalue weighted by molar-refractivity contribution is 5.91. The van der Waals surface area contributed by atoms with Crippen molar-refractivity contribution in [3.8, 4) is 11.1 Å². The van der Waals surface area contributed by atoms with E-state index in [1.165, 1.54) is 6.07 Å². The van der Waals surface area contributed by atoms with Crippen LogP contribution in [-0.2, 0) is 0 Å². The summed E-state index contributed by atoms with van der Waals surface area (Å²) >= 11 is 0. The summed E-state index contributed by atoms with van der Waals surface area (Å²) in [6.45, 7) is 1.90. The molecule has 2 atom stereocenters. The van der Waals surface area contributed by atoms with Crippen LogP contribution in [-0.4, -0.2) is 33.9 Å². The second-order valence-electron chi connectivity index (χ2n) is 8.37. The largest absolute Gasteiger partial charge is 0.322 e. The maximum atomic E-state index is 13.7. The van der Waals surface area contributed by atoms with Crippen LogP contribution in [0.15, 0.2) is 36.7 Å². The van der Waals surface area contributed by atoms with E-state index in [0.29, 0.717) is 24.1 Å². The molecule has 0 radical (unpaired) electrons.